The quantitative estimate of drug-likeness (QED) is 0.477. The minimum atomic E-state index is 0.689. The Bertz CT molecular complexity index is 312. The molecule has 0 amide bonds. The second kappa shape index (κ2) is 8.09. The minimum Gasteiger partial charge on any atom is -0.300 e. The molecule has 1 nitrogen and oxygen atoms in total. The second-order valence-corrected chi connectivity index (χ2v) is 4.20. The normalized spacial score (nSPS) is 11.9. The third kappa shape index (κ3) is 4.61. The lowest BCUT2D eigenvalue weighted by atomic mass is 9.94. The molecular formula is C15H25N. The van der Waals surface area contributed by atoms with Gasteiger partial charge in [-0.15, -0.1) is 0 Å². The lowest BCUT2D eigenvalue weighted by Gasteiger charge is -2.12. The first-order valence-corrected chi connectivity index (χ1v) is 6.13. The minimum absolute atomic E-state index is 0.689. The van der Waals surface area contributed by atoms with Crippen LogP contribution in [0.4, 0.5) is 0 Å². The van der Waals surface area contributed by atoms with Crippen molar-refractivity contribution >= 4 is 5.71 Å². The zero-order chi connectivity index (χ0) is 12.6. The lowest BCUT2D eigenvalue weighted by molar-refractivity contribution is 0.797. The van der Waals surface area contributed by atoms with E-state index in [1.165, 1.54) is 17.6 Å². The third-order valence-electron chi connectivity index (χ3n) is 2.63. The van der Waals surface area contributed by atoms with Gasteiger partial charge in [0.25, 0.3) is 0 Å². The zero-order valence-corrected chi connectivity index (χ0v) is 11.4. The van der Waals surface area contributed by atoms with Crippen molar-refractivity contribution < 1.29 is 0 Å². The summed E-state index contributed by atoms with van der Waals surface area (Å²) in [6.45, 7) is 10.4. The summed E-state index contributed by atoms with van der Waals surface area (Å²) in [6.07, 6.45) is 9.38. The molecule has 0 atom stereocenters. The van der Waals surface area contributed by atoms with Crippen molar-refractivity contribution in [2.75, 3.05) is 0 Å². The third-order valence-corrected chi connectivity index (χ3v) is 2.63. The fraction of sp³-hybridized carbons (Fsp3) is 0.533. The number of unbranched alkanes of at least 4 members (excludes halogenated alkanes) is 1. The molecule has 0 aliphatic carbocycles. The highest BCUT2D eigenvalue weighted by atomic mass is 14.4. The van der Waals surface area contributed by atoms with E-state index in [0.717, 1.165) is 18.4 Å². The highest BCUT2D eigenvalue weighted by molar-refractivity contribution is 6.12. The second-order valence-electron chi connectivity index (χ2n) is 4.20. The summed E-state index contributed by atoms with van der Waals surface area (Å²) < 4.78 is 0. The predicted molar refractivity (Wildman–Crippen MR) is 74.2 cm³/mol. The molecule has 1 N–H and O–H groups in total. The van der Waals surface area contributed by atoms with Crippen LogP contribution in [-0.4, -0.2) is 5.71 Å². The first kappa shape index (κ1) is 14.9. The molecule has 0 bridgehead atoms. The topological polar surface area (TPSA) is 23.9 Å². The fourth-order valence-electron chi connectivity index (χ4n) is 1.66. The van der Waals surface area contributed by atoms with Gasteiger partial charge in [0.15, 0.2) is 0 Å². The Morgan fingerprint density at radius 3 is 2.19 bits per heavy atom. The molecule has 0 rings (SSSR count). The van der Waals surface area contributed by atoms with Gasteiger partial charge in [-0.1, -0.05) is 37.1 Å². The molecule has 0 aliphatic rings. The summed E-state index contributed by atoms with van der Waals surface area (Å²) in [6, 6.07) is 0. The summed E-state index contributed by atoms with van der Waals surface area (Å²) in [5, 5.41) is 8.24. The molecule has 0 aromatic rings. The first-order valence-electron chi connectivity index (χ1n) is 6.13. The SMILES string of the molecule is C/C=C\C(=C/C)C(=N)C(CCCC)=C(C)C. The molecule has 16 heavy (non-hydrogen) atoms. The van der Waals surface area contributed by atoms with Crippen molar-refractivity contribution in [2.45, 2.75) is 53.9 Å². The number of hydrogen-bond donors (Lipinski definition) is 1. The van der Waals surface area contributed by atoms with Gasteiger partial charge in [-0.3, -0.25) is 0 Å². The lowest BCUT2D eigenvalue weighted by Crippen LogP contribution is -2.06. The maximum absolute atomic E-state index is 8.24. The smallest absolute Gasteiger partial charge is 0.0640 e. The van der Waals surface area contributed by atoms with Gasteiger partial charge in [0, 0.05) is 0 Å². The van der Waals surface area contributed by atoms with Crippen LogP contribution < -0.4 is 0 Å². The van der Waals surface area contributed by atoms with Crippen molar-refractivity contribution in [3.05, 3.63) is 34.9 Å². The van der Waals surface area contributed by atoms with Gasteiger partial charge in [0.05, 0.1) is 5.71 Å². The van der Waals surface area contributed by atoms with Gasteiger partial charge in [-0.05, 0) is 51.7 Å². The van der Waals surface area contributed by atoms with Crippen molar-refractivity contribution in [1.29, 1.82) is 5.41 Å². The Kier molecular flexibility index (Phi) is 7.53. The fourth-order valence-corrected chi connectivity index (χ4v) is 1.66. The van der Waals surface area contributed by atoms with Crippen LogP contribution in [-0.2, 0) is 0 Å². The van der Waals surface area contributed by atoms with Crippen LogP contribution in [0.15, 0.2) is 34.9 Å². The number of hydrogen-bond acceptors (Lipinski definition) is 1. The maximum atomic E-state index is 8.24. The van der Waals surface area contributed by atoms with E-state index in [1.807, 2.05) is 32.1 Å². The van der Waals surface area contributed by atoms with Crippen LogP contribution in [0.2, 0.25) is 0 Å². The van der Waals surface area contributed by atoms with Crippen molar-refractivity contribution in [3.63, 3.8) is 0 Å². The molecule has 0 radical (unpaired) electrons. The van der Waals surface area contributed by atoms with Crippen molar-refractivity contribution in [1.82, 2.24) is 0 Å². The standard InChI is InChI=1S/C15H25N/c1-6-9-11-14(12(4)5)15(16)13(8-3)10-7-2/h7-8,10,16H,6,9,11H2,1-5H3/b10-7-,13-8+,16-15?. The van der Waals surface area contributed by atoms with E-state index in [4.69, 9.17) is 5.41 Å². The maximum Gasteiger partial charge on any atom is 0.0640 e. The summed E-state index contributed by atoms with van der Waals surface area (Å²) in [4.78, 5) is 0. The predicted octanol–water partition coefficient (Wildman–Crippen LogP) is 5.06. The zero-order valence-electron chi connectivity index (χ0n) is 11.4. The van der Waals surface area contributed by atoms with Crippen LogP contribution in [0.25, 0.3) is 0 Å². The van der Waals surface area contributed by atoms with E-state index in [9.17, 15) is 0 Å². The molecule has 0 saturated carbocycles. The number of allylic oxidation sites excluding steroid dienone is 6. The van der Waals surface area contributed by atoms with Crippen molar-refractivity contribution in [3.8, 4) is 0 Å². The molecule has 0 spiro atoms. The first-order chi connectivity index (χ1) is 7.58. The van der Waals surface area contributed by atoms with E-state index in [-0.39, 0.29) is 0 Å². The van der Waals surface area contributed by atoms with Gasteiger partial charge >= 0.3 is 0 Å². The summed E-state index contributed by atoms with van der Waals surface area (Å²) in [7, 11) is 0. The summed E-state index contributed by atoms with van der Waals surface area (Å²) in [5.74, 6) is 0. The molecule has 0 saturated heterocycles. The van der Waals surface area contributed by atoms with Gasteiger partial charge < -0.3 is 5.41 Å². The Hall–Kier alpha value is -1.11. The van der Waals surface area contributed by atoms with E-state index >= 15 is 0 Å². The van der Waals surface area contributed by atoms with Crippen LogP contribution >= 0.6 is 0 Å². The molecule has 0 aromatic heterocycles. The van der Waals surface area contributed by atoms with E-state index in [0.29, 0.717) is 5.71 Å². The van der Waals surface area contributed by atoms with E-state index < -0.39 is 0 Å². The Balaban J connectivity index is 4.96. The Labute approximate surface area is 100 Å². The average molecular weight is 219 g/mol. The van der Waals surface area contributed by atoms with E-state index in [1.54, 1.807) is 0 Å². The molecule has 90 valence electrons. The van der Waals surface area contributed by atoms with Gasteiger partial charge in [-0.25, -0.2) is 0 Å². The molecular weight excluding hydrogens is 194 g/mol. The monoisotopic (exact) mass is 219 g/mol. The highest BCUT2D eigenvalue weighted by Crippen LogP contribution is 2.18. The Morgan fingerprint density at radius 2 is 1.81 bits per heavy atom. The Morgan fingerprint density at radius 1 is 1.19 bits per heavy atom. The average Bonchev–Trinajstić information content (AvgIpc) is 2.25. The van der Waals surface area contributed by atoms with Crippen molar-refractivity contribution in [2.24, 2.45) is 0 Å². The molecule has 0 fully saturated rings. The largest absolute Gasteiger partial charge is 0.300 e. The molecule has 0 aliphatic heterocycles. The van der Waals surface area contributed by atoms with Crippen LogP contribution in [0.1, 0.15) is 53.9 Å². The summed E-state index contributed by atoms with van der Waals surface area (Å²) in [5.41, 5.74) is 4.18. The highest BCUT2D eigenvalue weighted by Gasteiger charge is 2.09. The summed E-state index contributed by atoms with van der Waals surface area (Å²) >= 11 is 0. The van der Waals surface area contributed by atoms with E-state index in [2.05, 4.69) is 20.8 Å². The number of nitrogens with one attached hydrogen (secondary N) is 1. The molecule has 0 heterocycles. The van der Waals surface area contributed by atoms with Gasteiger partial charge in [0.2, 0.25) is 0 Å². The van der Waals surface area contributed by atoms with Crippen LogP contribution in [0, 0.1) is 5.41 Å². The molecule has 0 aromatic carbocycles. The van der Waals surface area contributed by atoms with Crippen LogP contribution in [0.3, 0.4) is 0 Å². The van der Waals surface area contributed by atoms with Gasteiger partial charge in [-0.2, -0.15) is 0 Å². The molecule has 1 heteroatoms. The van der Waals surface area contributed by atoms with Crippen LogP contribution in [0.5, 0.6) is 0 Å². The number of rotatable bonds is 6. The molecule has 0 unspecified atom stereocenters. The van der Waals surface area contributed by atoms with Gasteiger partial charge in [0.1, 0.15) is 0 Å².